The number of imidazole rings is 1. The number of aryl methyl sites for hydroxylation is 2. The lowest BCUT2D eigenvalue weighted by molar-refractivity contribution is 0.0526. The Hall–Kier alpha value is -3.40. The van der Waals surface area contributed by atoms with Crippen molar-refractivity contribution in [2.75, 3.05) is 13.2 Å². The Bertz CT molecular complexity index is 1230. The fraction of sp³-hybridized carbons (Fsp3) is 0.500. The molecule has 2 heterocycles. The normalized spacial score (nSPS) is 12.1. The van der Waals surface area contributed by atoms with Crippen LogP contribution in [0, 0.1) is 0 Å². The molecule has 0 radical (unpaired) electrons. The van der Waals surface area contributed by atoms with Gasteiger partial charge in [0.1, 0.15) is 18.5 Å². The van der Waals surface area contributed by atoms with Crippen molar-refractivity contribution >= 4 is 17.1 Å². The molecule has 0 unspecified atom stereocenters. The van der Waals surface area contributed by atoms with Crippen molar-refractivity contribution in [3.8, 4) is 5.75 Å². The predicted octanol–water partition coefficient (Wildman–Crippen LogP) is 2.19. The molecule has 0 aliphatic heterocycles. The van der Waals surface area contributed by atoms with Crippen LogP contribution in [0.15, 0.2) is 40.2 Å². The summed E-state index contributed by atoms with van der Waals surface area (Å²) in [4.78, 5) is 42.3. The van der Waals surface area contributed by atoms with E-state index in [1.807, 2.05) is 6.92 Å². The number of rotatable bonds is 12. The van der Waals surface area contributed by atoms with Crippen molar-refractivity contribution in [1.29, 1.82) is 0 Å². The zero-order valence-electron chi connectivity index (χ0n) is 19.9. The number of hydrogen-bond donors (Lipinski definition) is 1. The molecule has 0 aliphatic carbocycles. The summed E-state index contributed by atoms with van der Waals surface area (Å²) < 4.78 is 14.9. The first-order valence-electron chi connectivity index (χ1n) is 11.7. The second kappa shape index (κ2) is 11.6. The maximum Gasteiger partial charge on any atom is 0.338 e. The highest BCUT2D eigenvalue weighted by molar-refractivity contribution is 5.89. The van der Waals surface area contributed by atoms with Gasteiger partial charge in [-0.1, -0.05) is 20.3 Å². The van der Waals surface area contributed by atoms with E-state index in [4.69, 9.17) is 9.47 Å². The Morgan fingerprint density at radius 3 is 2.44 bits per heavy atom. The SMILES string of the molecule is CCCCn1cnc2c1c(=O)n(C[C@@H](O)COc1ccc(C(=O)OCC)cc1)c(=O)n2CCC. The van der Waals surface area contributed by atoms with Crippen LogP contribution in [0.2, 0.25) is 0 Å². The van der Waals surface area contributed by atoms with Gasteiger partial charge in [0.25, 0.3) is 5.56 Å². The minimum absolute atomic E-state index is 0.133. The van der Waals surface area contributed by atoms with Gasteiger partial charge in [-0.2, -0.15) is 0 Å². The van der Waals surface area contributed by atoms with Crippen LogP contribution in [-0.4, -0.2) is 49.1 Å². The third-order valence-electron chi connectivity index (χ3n) is 5.38. The average molecular weight is 473 g/mol. The molecule has 34 heavy (non-hydrogen) atoms. The van der Waals surface area contributed by atoms with E-state index in [1.165, 1.54) is 4.57 Å². The van der Waals surface area contributed by atoms with Gasteiger partial charge in [-0.3, -0.25) is 13.9 Å². The molecule has 184 valence electrons. The van der Waals surface area contributed by atoms with Gasteiger partial charge in [0.15, 0.2) is 11.2 Å². The van der Waals surface area contributed by atoms with E-state index in [1.54, 1.807) is 42.1 Å². The molecule has 1 atom stereocenters. The van der Waals surface area contributed by atoms with Crippen molar-refractivity contribution in [2.24, 2.45) is 0 Å². The second-order valence-electron chi connectivity index (χ2n) is 8.02. The Morgan fingerprint density at radius 2 is 1.79 bits per heavy atom. The van der Waals surface area contributed by atoms with Gasteiger partial charge in [-0.15, -0.1) is 0 Å². The van der Waals surface area contributed by atoms with Crippen LogP contribution < -0.4 is 16.0 Å². The van der Waals surface area contributed by atoms with Gasteiger partial charge in [-0.25, -0.2) is 14.6 Å². The van der Waals surface area contributed by atoms with Gasteiger partial charge in [-0.05, 0) is 44.0 Å². The summed E-state index contributed by atoms with van der Waals surface area (Å²) in [5, 5.41) is 10.6. The number of carbonyl (C=O) groups is 1. The number of fused-ring (bicyclic) bond motifs is 1. The number of ether oxygens (including phenoxy) is 2. The highest BCUT2D eigenvalue weighted by atomic mass is 16.5. The maximum absolute atomic E-state index is 13.2. The van der Waals surface area contributed by atoms with Crippen molar-refractivity contribution in [3.63, 3.8) is 0 Å². The summed E-state index contributed by atoms with van der Waals surface area (Å²) in [6.07, 6.45) is 3.02. The summed E-state index contributed by atoms with van der Waals surface area (Å²) in [5.74, 6) is 0.0151. The zero-order chi connectivity index (χ0) is 24.7. The number of nitrogens with zero attached hydrogens (tertiary/aromatic N) is 4. The third kappa shape index (κ3) is 5.56. The number of benzene rings is 1. The average Bonchev–Trinajstić information content (AvgIpc) is 3.26. The molecule has 0 saturated heterocycles. The van der Waals surface area contributed by atoms with Crippen LogP contribution in [0.1, 0.15) is 50.4 Å². The van der Waals surface area contributed by atoms with Gasteiger partial charge in [0.05, 0.1) is 25.0 Å². The lowest BCUT2D eigenvalue weighted by atomic mass is 10.2. The van der Waals surface area contributed by atoms with E-state index in [0.717, 1.165) is 17.4 Å². The first-order chi connectivity index (χ1) is 16.4. The number of aliphatic hydroxyl groups is 1. The molecule has 0 aliphatic rings. The van der Waals surface area contributed by atoms with Crippen molar-refractivity contribution in [3.05, 3.63) is 57.0 Å². The number of esters is 1. The molecule has 0 fully saturated rings. The molecule has 10 heteroatoms. The molecule has 3 rings (SSSR count). The summed E-state index contributed by atoms with van der Waals surface area (Å²) in [5.41, 5.74) is 0.156. The van der Waals surface area contributed by atoms with Crippen LogP contribution in [0.5, 0.6) is 5.75 Å². The topological polar surface area (TPSA) is 118 Å². The second-order valence-corrected chi connectivity index (χ2v) is 8.02. The summed E-state index contributed by atoms with van der Waals surface area (Å²) in [6.45, 7) is 6.72. The lowest BCUT2D eigenvalue weighted by Crippen LogP contribution is -2.44. The quantitative estimate of drug-likeness (QED) is 0.402. The molecule has 1 N–H and O–H groups in total. The van der Waals surface area contributed by atoms with Gasteiger partial charge in [0, 0.05) is 13.1 Å². The van der Waals surface area contributed by atoms with Crippen molar-refractivity contribution < 1.29 is 19.4 Å². The zero-order valence-corrected chi connectivity index (χ0v) is 19.9. The minimum Gasteiger partial charge on any atom is -0.491 e. The third-order valence-corrected chi connectivity index (χ3v) is 5.38. The fourth-order valence-electron chi connectivity index (χ4n) is 3.68. The molecule has 0 spiro atoms. The predicted molar refractivity (Wildman–Crippen MR) is 127 cm³/mol. The summed E-state index contributed by atoms with van der Waals surface area (Å²) in [7, 11) is 0. The minimum atomic E-state index is -1.10. The molecule has 1 aromatic carbocycles. The van der Waals surface area contributed by atoms with Gasteiger partial charge >= 0.3 is 11.7 Å². The van der Waals surface area contributed by atoms with Gasteiger partial charge < -0.3 is 19.1 Å². The molecule has 0 amide bonds. The number of aliphatic hydroxyl groups excluding tert-OH is 1. The molecule has 0 saturated carbocycles. The maximum atomic E-state index is 13.2. The van der Waals surface area contributed by atoms with E-state index in [2.05, 4.69) is 11.9 Å². The number of carbonyl (C=O) groups excluding carboxylic acids is 1. The first-order valence-corrected chi connectivity index (χ1v) is 11.7. The van der Waals surface area contributed by atoms with E-state index in [0.29, 0.717) is 42.0 Å². The summed E-state index contributed by atoms with van der Waals surface area (Å²) >= 11 is 0. The largest absolute Gasteiger partial charge is 0.491 e. The molecule has 3 aromatic rings. The van der Waals surface area contributed by atoms with Crippen molar-refractivity contribution in [2.45, 2.75) is 65.8 Å². The Balaban J connectivity index is 1.80. The van der Waals surface area contributed by atoms with E-state index in [-0.39, 0.29) is 19.8 Å². The molecular weight excluding hydrogens is 440 g/mol. The van der Waals surface area contributed by atoms with Crippen LogP contribution in [0.25, 0.3) is 11.2 Å². The fourth-order valence-corrected chi connectivity index (χ4v) is 3.68. The van der Waals surface area contributed by atoms with Crippen LogP contribution >= 0.6 is 0 Å². The number of hydrogen-bond acceptors (Lipinski definition) is 7. The number of unbranched alkanes of at least 4 members (excludes halogenated alkanes) is 1. The Morgan fingerprint density at radius 1 is 1.06 bits per heavy atom. The first kappa shape index (κ1) is 25.2. The highest BCUT2D eigenvalue weighted by Gasteiger charge is 2.20. The molecule has 2 aromatic heterocycles. The summed E-state index contributed by atoms with van der Waals surface area (Å²) in [6, 6.07) is 6.33. The lowest BCUT2D eigenvalue weighted by Gasteiger charge is -2.16. The van der Waals surface area contributed by atoms with E-state index < -0.39 is 23.3 Å². The standard InChI is InChI=1S/C24H32N4O6/c1-4-7-13-26-16-25-21-20(26)22(30)28(24(32)27(21)12-5-2)14-18(29)15-34-19-10-8-17(9-11-19)23(31)33-6-3/h8-11,16,18,29H,4-7,12-15H2,1-3H3/t18-/m1/s1. The molecular formula is C24H32N4O6. The molecule has 0 bridgehead atoms. The Labute approximate surface area is 197 Å². The highest BCUT2D eigenvalue weighted by Crippen LogP contribution is 2.14. The van der Waals surface area contributed by atoms with Crippen LogP contribution in [0.4, 0.5) is 0 Å². The monoisotopic (exact) mass is 472 g/mol. The van der Waals surface area contributed by atoms with Crippen LogP contribution in [-0.2, 0) is 24.4 Å². The number of aromatic nitrogens is 4. The van der Waals surface area contributed by atoms with Crippen molar-refractivity contribution in [1.82, 2.24) is 18.7 Å². The van der Waals surface area contributed by atoms with Crippen LogP contribution in [0.3, 0.4) is 0 Å². The van der Waals surface area contributed by atoms with E-state index in [9.17, 15) is 19.5 Å². The molecule has 10 nitrogen and oxygen atoms in total. The van der Waals surface area contributed by atoms with E-state index >= 15 is 0 Å². The smallest absolute Gasteiger partial charge is 0.338 e. The Kier molecular flexibility index (Phi) is 8.64. The van der Waals surface area contributed by atoms with Gasteiger partial charge in [0.2, 0.25) is 0 Å².